The van der Waals surface area contributed by atoms with Crippen LogP contribution in [0.1, 0.15) is 227 Å². The Hall–Kier alpha value is -1.04. The number of ether oxygens (including phenoxy) is 1. The van der Waals surface area contributed by atoms with Crippen LogP contribution in [0.4, 0.5) is 0 Å². The fourth-order valence-corrected chi connectivity index (χ4v) is 10.4. The molecule has 0 aromatic rings. The van der Waals surface area contributed by atoms with Crippen LogP contribution < -0.4 is 5.11 Å². The Morgan fingerprint density at radius 1 is 0.582 bits per heavy atom. The number of hydrogen-bond donors (Lipinski definition) is 0. The molecule has 320 valence electrons. The summed E-state index contributed by atoms with van der Waals surface area (Å²) in [7, 11) is 0. The van der Waals surface area contributed by atoms with E-state index in [2.05, 4.69) is 56.6 Å². The van der Waals surface area contributed by atoms with Gasteiger partial charge in [0.15, 0.2) is 0 Å². The molecular formula is C50H92N2O3. The molecule has 3 rings (SSSR count). The van der Waals surface area contributed by atoms with Gasteiger partial charge in [-0.3, -0.25) is 0 Å². The molecule has 2 aliphatic carbocycles. The summed E-state index contributed by atoms with van der Waals surface area (Å²) in [5, 5.41) is 12.8. The van der Waals surface area contributed by atoms with Crippen LogP contribution in [0.5, 0.6) is 0 Å². The highest BCUT2D eigenvalue weighted by Gasteiger charge is 2.57. The Bertz CT molecular complexity index is 911. The second kappa shape index (κ2) is 30.1. The monoisotopic (exact) mass is 769 g/mol. The lowest BCUT2D eigenvalue weighted by Crippen LogP contribution is -2.56. The Morgan fingerprint density at radius 3 is 1.38 bits per heavy atom. The van der Waals surface area contributed by atoms with E-state index in [0.717, 1.165) is 32.1 Å². The van der Waals surface area contributed by atoms with Crippen LogP contribution >= 0.6 is 0 Å². The van der Waals surface area contributed by atoms with E-state index < -0.39 is 11.9 Å². The topological polar surface area (TPSA) is 55.8 Å². The van der Waals surface area contributed by atoms with Gasteiger partial charge in [0.2, 0.25) is 0 Å². The summed E-state index contributed by atoms with van der Waals surface area (Å²) >= 11 is 0. The van der Waals surface area contributed by atoms with Crippen LogP contribution in [0.15, 0.2) is 12.2 Å². The second-order valence-corrected chi connectivity index (χ2v) is 18.4. The van der Waals surface area contributed by atoms with Gasteiger partial charge in [-0.2, -0.15) is 0 Å². The summed E-state index contributed by atoms with van der Waals surface area (Å²) in [6.07, 6.45) is 42.1. The van der Waals surface area contributed by atoms with Gasteiger partial charge in [-0.1, -0.05) is 150 Å². The summed E-state index contributed by atoms with van der Waals surface area (Å²) in [5.74, 6) is 1.08. The lowest BCUT2D eigenvalue weighted by atomic mass is 9.61. The lowest BCUT2D eigenvalue weighted by molar-refractivity contribution is -0.311. The van der Waals surface area contributed by atoms with E-state index in [1.54, 1.807) is 5.92 Å². The number of hydrogen-bond acceptors (Lipinski definition) is 5. The molecule has 0 radical (unpaired) electrons. The van der Waals surface area contributed by atoms with Crippen LogP contribution in [0.25, 0.3) is 0 Å². The van der Waals surface area contributed by atoms with E-state index in [4.69, 9.17) is 4.74 Å². The number of carboxylic acid groups (broad SMARTS) is 1. The van der Waals surface area contributed by atoms with Gasteiger partial charge >= 0.3 is 0 Å². The number of unbranched alkanes of at least 4 members (excludes halogenated alkanes) is 17. The second-order valence-electron chi connectivity index (χ2n) is 18.4. The van der Waals surface area contributed by atoms with Gasteiger partial charge in [0.25, 0.3) is 0 Å². The summed E-state index contributed by atoms with van der Waals surface area (Å²) in [4.78, 5) is 18.4. The van der Waals surface area contributed by atoms with Crippen molar-refractivity contribution in [2.24, 2.45) is 17.8 Å². The van der Waals surface area contributed by atoms with Crippen LogP contribution in [0.2, 0.25) is 0 Å². The van der Waals surface area contributed by atoms with Gasteiger partial charge in [-0.05, 0) is 110 Å². The Kier molecular flexibility index (Phi) is 26.4. The Balaban J connectivity index is 1.58. The molecule has 1 aliphatic heterocycles. The Labute approximate surface area is 343 Å². The zero-order valence-electron chi connectivity index (χ0n) is 37.4. The zero-order valence-corrected chi connectivity index (χ0v) is 37.4. The first kappa shape index (κ1) is 48.3. The van der Waals surface area contributed by atoms with Gasteiger partial charge in [0.05, 0.1) is 6.42 Å². The van der Waals surface area contributed by atoms with Crippen LogP contribution in [0.3, 0.4) is 0 Å². The molecule has 1 heterocycles. The number of rotatable bonds is 33. The maximum Gasteiger partial charge on any atom is 0.127 e. The summed E-state index contributed by atoms with van der Waals surface area (Å²) in [6, 6.07) is 1.18. The largest absolute Gasteiger partial charge is 0.550 e. The highest BCUT2D eigenvalue weighted by molar-refractivity contribution is 5.68. The number of allylic oxidation sites excluding steroid dienone is 2. The minimum atomic E-state index is -0.851. The summed E-state index contributed by atoms with van der Waals surface area (Å²) < 4.78 is 7.29. The van der Waals surface area contributed by atoms with Crippen LogP contribution in [-0.4, -0.2) is 66.2 Å². The average Bonchev–Trinajstić information content (AvgIpc) is 3.19. The third-order valence-electron chi connectivity index (χ3n) is 13.9. The SMILES string of the molecule is CCCCCCCCCCCCCCC/C=C/CC(C[C+]1C2CCC(N(CCCC)CCCC)CC2OC2CC(N(CCCC)CCCC)CCC12)C(=O)[O-]. The van der Waals surface area contributed by atoms with Crippen LogP contribution in [-0.2, 0) is 9.53 Å². The molecule has 0 aromatic heterocycles. The standard InChI is InChI=1S/C50H92N2O3/c1-6-11-16-17-18-19-20-21-22-23-24-25-26-27-28-29-30-42(50(53)54)39-47-45-33-31-43(51(35-12-7-2)36-13-8-3)40-48(45)55-49-41-44(32-34-46(47)49)52(37-14-9-4)38-15-10-5/h28-29,42-46,48-49H,6-27,30-41H2,1-5H3/b29-28+. The number of carboxylic acids is 1. The van der Waals surface area contributed by atoms with E-state index >= 15 is 0 Å². The van der Waals surface area contributed by atoms with Crippen molar-refractivity contribution in [1.82, 2.24) is 9.80 Å². The first-order valence-corrected chi connectivity index (χ1v) is 24.8. The predicted molar refractivity (Wildman–Crippen MR) is 234 cm³/mol. The van der Waals surface area contributed by atoms with Crippen molar-refractivity contribution in [2.75, 3.05) is 26.2 Å². The van der Waals surface area contributed by atoms with Gasteiger partial charge < -0.3 is 24.4 Å². The van der Waals surface area contributed by atoms with Gasteiger partial charge in [-0.25, -0.2) is 0 Å². The van der Waals surface area contributed by atoms with Crippen molar-refractivity contribution in [1.29, 1.82) is 0 Å². The molecule has 3 fully saturated rings. The van der Waals surface area contributed by atoms with E-state index in [1.807, 2.05) is 0 Å². The minimum absolute atomic E-state index is 0.229. The molecule has 0 bridgehead atoms. The maximum absolute atomic E-state index is 12.8. The third kappa shape index (κ3) is 18.2. The van der Waals surface area contributed by atoms with Crippen LogP contribution in [0, 0.1) is 23.7 Å². The predicted octanol–water partition coefficient (Wildman–Crippen LogP) is 12.7. The van der Waals surface area contributed by atoms with Crippen molar-refractivity contribution >= 4 is 5.97 Å². The number of nitrogens with zero attached hydrogens (tertiary/aromatic N) is 2. The molecule has 7 unspecified atom stereocenters. The Morgan fingerprint density at radius 2 is 0.982 bits per heavy atom. The van der Waals surface area contributed by atoms with Crippen molar-refractivity contribution in [3.63, 3.8) is 0 Å². The number of carbonyl (C=O) groups excluding carboxylic acids is 1. The fourth-order valence-electron chi connectivity index (χ4n) is 10.4. The third-order valence-corrected chi connectivity index (χ3v) is 13.9. The quantitative estimate of drug-likeness (QED) is 0.0378. The van der Waals surface area contributed by atoms with Crippen molar-refractivity contribution in [2.45, 2.75) is 252 Å². The van der Waals surface area contributed by atoms with Crippen molar-refractivity contribution in [3.8, 4) is 0 Å². The molecule has 5 nitrogen and oxygen atoms in total. The van der Waals surface area contributed by atoms with E-state index in [-0.39, 0.29) is 12.2 Å². The minimum Gasteiger partial charge on any atom is -0.550 e. The molecule has 7 atom stereocenters. The lowest BCUT2D eigenvalue weighted by Gasteiger charge is -2.50. The molecule has 0 aromatic carbocycles. The number of carbonyl (C=O) groups is 1. The van der Waals surface area contributed by atoms with Crippen molar-refractivity contribution < 1.29 is 14.6 Å². The molecule has 3 aliphatic rings. The molecule has 0 N–H and O–H groups in total. The molecule has 0 spiro atoms. The molecular weight excluding hydrogens is 677 g/mol. The van der Waals surface area contributed by atoms with E-state index in [0.29, 0.717) is 36.8 Å². The maximum atomic E-state index is 12.8. The molecule has 2 saturated carbocycles. The molecule has 55 heavy (non-hydrogen) atoms. The fraction of sp³-hybridized carbons (Fsp3) is 0.920. The summed E-state index contributed by atoms with van der Waals surface area (Å²) in [6.45, 7) is 16.3. The normalized spacial score (nSPS) is 24.8. The number of aliphatic carboxylic acids is 1. The smallest absolute Gasteiger partial charge is 0.127 e. The van der Waals surface area contributed by atoms with Gasteiger partial charge in [0.1, 0.15) is 30.0 Å². The molecule has 0 amide bonds. The zero-order chi connectivity index (χ0) is 39.5. The highest BCUT2D eigenvalue weighted by Crippen LogP contribution is 2.52. The van der Waals surface area contributed by atoms with Crippen molar-refractivity contribution in [3.05, 3.63) is 18.1 Å². The average molecular weight is 769 g/mol. The summed E-state index contributed by atoms with van der Waals surface area (Å²) in [5.41, 5.74) is 0. The number of fused-ring (bicyclic) bond motifs is 2. The first-order valence-electron chi connectivity index (χ1n) is 24.8. The van der Waals surface area contributed by atoms with E-state index in [1.165, 1.54) is 174 Å². The molecule has 1 saturated heterocycles. The van der Waals surface area contributed by atoms with Gasteiger partial charge in [0, 0.05) is 24.0 Å². The first-order chi connectivity index (χ1) is 27.0. The van der Waals surface area contributed by atoms with E-state index in [9.17, 15) is 9.90 Å². The van der Waals surface area contributed by atoms with Gasteiger partial charge in [-0.15, -0.1) is 0 Å². The highest BCUT2D eigenvalue weighted by atomic mass is 16.5. The molecule has 5 heteroatoms.